The van der Waals surface area contributed by atoms with Crippen LogP contribution in [-0.4, -0.2) is 41.4 Å². The van der Waals surface area contributed by atoms with Crippen LogP contribution in [0.15, 0.2) is 10.6 Å². The third-order valence-corrected chi connectivity index (χ3v) is 5.80. The second kappa shape index (κ2) is 5.22. The summed E-state index contributed by atoms with van der Waals surface area (Å²) in [7, 11) is 0. The predicted octanol–water partition coefficient (Wildman–Crippen LogP) is 2.64. The fraction of sp³-hybridized carbons (Fsp3) is 0.778. The molecule has 1 aromatic heterocycles. The van der Waals surface area contributed by atoms with Gasteiger partial charge in [0.2, 0.25) is 0 Å². The second-order valence-corrected chi connectivity index (χ2v) is 8.56. The smallest absolute Gasteiger partial charge is 0.410 e. The minimum Gasteiger partial charge on any atom is -0.444 e. The molecule has 132 valence electrons. The first-order valence-electron chi connectivity index (χ1n) is 9.00. The summed E-state index contributed by atoms with van der Waals surface area (Å²) in [5, 5.41) is 4.35. The van der Waals surface area contributed by atoms with Crippen molar-refractivity contribution in [2.45, 2.75) is 57.0 Å². The summed E-state index contributed by atoms with van der Waals surface area (Å²) in [6, 6.07) is 2.11. The molecule has 4 rings (SSSR count). The van der Waals surface area contributed by atoms with Crippen LogP contribution in [0.25, 0.3) is 0 Å². The summed E-state index contributed by atoms with van der Waals surface area (Å²) in [6.07, 6.45) is 3.12. The van der Waals surface area contributed by atoms with Crippen molar-refractivity contribution >= 4 is 6.09 Å². The van der Waals surface area contributed by atoms with E-state index in [2.05, 4.69) is 11.2 Å². The number of fused-ring (bicyclic) bond motifs is 1. The molecule has 1 saturated heterocycles. The Bertz CT molecular complexity index is 646. The van der Waals surface area contributed by atoms with E-state index in [1.54, 1.807) is 0 Å². The number of nitrogens with zero attached hydrogens (tertiary/aromatic N) is 2. The molecule has 6 heteroatoms. The summed E-state index contributed by atoms with van der Waals surface area (Å²) >= 11 is 0. The highest BCUT2D eigenvalue weighted by atomic mass is 16.6. The maximum Gasteiger partial charge on any atom is 0.410 e. The van der Waals surface area contributed by atoms with Gasteiger partial charge in [-0.3, -0.25) is 0 Å². The molecule has 3 fully saturated rings. The van der Waals surface area contributed by atoms with Crippen molar-refractivity contribution in [1.82, 2.24) is 10.1 Å². The molecule has 2 saturated carbocycles. The number of rotatable bonds is 3. The molecular weight excluding hydrogens is 306 g/mol. The molecule has 6 nitrogen and oxygen atoms in total. The Morgan fingerprint density at radius 1 is 1.42 bits per heavy atom. The van der Waals surface area contributed by atoms with Crippen LogP contribution in [0.5, 0.6) is 0 Å². The molecule has 0 radical (unpaired) electrons. The summed E-state index contributed by atoms with van der Waals surface area (Å²) in [5.41, 5.74) is 6.58. The monoisotopic (exact) mass is 333 g/mol. The Balaban J connectivity index is 1.48. The van der Waals surface area contributed by atoms with Gasteiger partial charge in [-0.1, -0.05) is 5.16 Å². The minimum absolute atomic E-state index is 0.118. The molecule has 1 aliphatic heterocycles. The Labute approximate surface area is 142 Å². The van der Waals surface area contributed by atoms with Gasteiger partial charge in [-0.05, 0) is 51.9 Å². The van der Waals surface area contributed by atoms with Gasteiger partial charge in [-0.25, -0.2) is 4.79 Å². The van der Waals surface area contributed by atoms with Crippen molar-refractivity contribution in [3.8, 4) is 0 Å². The topological polar surface area (TPSA) is 81.6 Å². The molecule has 2 heterocycles. The van der Waals surface area contributed by atoms with Crippen molar-refractivity contribution in [2.75, 3.05) is 19.6 Å². The van der Waals surface area contributed by atoms with Crippen LogP contribution in [0.1, 0.15) is 57.4 Å². The average Bonchev–Trinajstić information content (AvgIpc) is 3.42. The predicted molar refractivity (Wildman–Crippen MR) is 88.6 cm³/mol. The van der Waals surface area contributed by atoms with Crippen molar-refractivity contribution < 1.29 is 14.1 Å². The number of likely N-dealkylation sites (tertiary alicyclic amines) is 1. The highest BCUT2D eigenvalue weighted by Gasteiger charge is 2.67. The lowest BCUT2D eigenvalue weighted by molar-refractivity contribution is 0.0206. The molecule has 2 aliphatic carbocycles. The summed E-state index contributed by atoms with van der Waals surface area (Å²) in [6.45, 7) is 7.67. The zero-order chi connectivity index (χ0) is 17.1. The SMILES string of the molecule is CC(C)(C)OC(=O)N1CCC2C(C1)C2(CN)c1cc(C2CC2)on1. The average molecular weight is 333 g/mol. The quantitative estimate of drug-likeness (QED) is 0.919. The van der Waals surface area contributed by atoms with Crippen LogP contribution in [0.2, 0.25) is 0 Å². The Kier molecular flexibility index (Phi) is 3.46. The van der Waals surface area contributed by atoms with Crippen LogP contribution in [0.3, 0.4) is 0 Å². The first-order chi connectivity index (χ1) is 11.3. The van der Waals surface area contributed by atoms with Crippen LogP contribution < -0.4 is 5.73 Å². The van der Waals surface area contributed by atoms with E-state index in [0.29, 0.717) is 30.8 Å². The van der Waals surface area contributed by atoms with Crippen LogP contribution in [0, 0.1) is 11.8 Å². The number of carbonyl (C=O) groups is 1. The number of hydrogen-bond acceptors (Lipinski definition) is 5. The maximum atomic E-state index is 12.4. The number of nitrogens with two attached hydrogens (primary N) is 1. The third-order valence-electron chi connectivity index (χ3n) is 5.80. The molecule has 0 aromatic carbocycles. The highest BCUT2D eigenvalue weighted by Crippen LogP contribution is 2.63. The largest absolute Gasteiger partial charge is 0.444 e. The summed E-state index contributed by atoms with van der Waals surface area (Å²) in [4.78, 5) is 14.2. The van der Waals surface area contributed by atoms with E-state index in [1.807, 2.05) is 25.7 Å². The Morgan fingerprint density at radius 2 is 2.17 bits per heavy atom. The molecule has 3 atom stereocenters. The lowest BCUT2D eigenvalue weighted by Gasteiger charge is -2.29. The number of aromatic nitrogens is 1. The highest BCUT2D eigenvalue weighted by molar-refractivity contribution is 5.68. The first-order valence-corrected chi connectivity index (χ1v) is 9.00. The van der Waals surface area contributed by atoms with E-state index in [-0.39, 0.29) is 11.5 Å². The maximum absolute atomic E-state index is 12.4. The van der Waals surface area contributed by atoms with Gasteiger partial charge in [0.15, 0.2) is 0 Å². The van der Waals surface area contributed by atoms with Crippen LogP contribution >= 0.6 is 0 Å². The van der Waals surface area contributed by atoms with E-state index in [1.165, 1.54) is 12.8 Å². The lowest BCUT2D eigenvalue weighted by Crippen LogP contribution is -2.40. The number of carbonyl (C=O) groups excluding carboxylic acids is 1. The van der Waals surface area contributed by atoms with Crippen LogP contribution in [-0.2, 0) is 10.2 Å². The normalized spacial score (nSPS) is 32.4. The van der Waals surface area contributed by atoms with Gasteiger partial charge < -0.3 is 19.9 Å². The Morgan fingerprint density at radius 3 is 2.79 bits per heavy atom. The molecule has 0 spiro atoms. The van der Waals surface area contributed by atoms with Gasteiger partial charge in [0.25, 0.3) is 0 Å². The molecule has 3 unspecified atom stereocenters. The van der Waals surface area contributed by atoms with Crippen molar-refractivity contribution in [3.05, 3.63) is 17.5 Å². The van der Waals surface area contributed by atoms with E-state index >= 15 is 0 Å². The van der Waals surface area contributed by atoms with Gasteiger partial charge in [0.1, 0.15) is 11.4 Å². The Hall–Kier alpha value is -1.56. The molecule has 24 heavy (non-hydrogen) atoms. The van der Waals surface area contributed by atoms with Gasteiger partial charge in [0, 0.05) is 37.0 Å². The van der Waals surface area contributed by atoms with Crippen molar-refractivity contribution in [1.29, 1.82) is 0 Å². The third kappa shape index (κ3) is 2.51. The van der Waals surface area contributed by atoms with Crippen molar-refractivity contribution in [2.24, 2.45) is 17.6 Å². The van der Waals surface area contributed by atoms with E-state index in [4.69, 9.17) is 15.0 Å². The van der Waals surface area contributed by atoms with E-state index in [9.17, 15) is 4.79 Å². The van der Waals surface area contributed by atoms with Gasteiger partial charge in [0.05, 0.1) is 5.69 Å². The molecule has 1 aromatic rings. The van der Waals surface area contributed by atoms with E-state index < -0.39 is 5.60 Å². The van der Waals surface area contributed by atoms with Crippen LogP contribution in [0.4, 0.5) is 4.79 Å². The second-order valence-electron chi connectivity index (χ2n) is 8.56. The summed E-state index contributed by atoms with van der Waals surface area (Å²) in [5.74, 6) is 2.42. The van der Waals surface area contributed by atoms with Gasteiger partial charge in [-0.2, -0.15) is 0 Å². The molecular formula is C18H27N3O3. The number of ether oxygens (including phenoxy) is 1. The fourth-order valence-electron chi connectivity index (χ4n) is 4.33. The zero-order valence-electron chi connectivity index (χ0n) is 14.7. The first kappa shape index (κ1) is 15.9. The molecule has 1 amide bonds. The zero-order valence-corrected chi connectivity index (χ0v) is 14.7. The van der Waals surface area contributed by atoms with Gasteiger partial charge in [-0.15, -0.1) is 0 Å². The standard InChI is InChI=1S/C18H27N3O3/c1-17(2,3)23-16(22)21-7-6-12-13(9-21)18(12,10-19)15-8-14(24-20-15)11-4-5-11/h8,11-13H,4-7,9-10,19H2,1-3H3. The lowest BCUT2D eigenvalue weighted by atomic mass is 9.96. The van der Waals surface area contributed by atoms with Gasteiger partial charge >= 0.3 is 6.09 Å². The molecule has 0 bridgehead atoms. The number of hydrogen-bond donors (Lipinski definition) is 1. The van der Waals surface area contributed by atoms with Crippen molar-refractivity contribution in [3.63, 3.8) is 0 Å². The fourth-order valence-corrected chi connectivity index (χ4v) is 4.33. The minimum atomic E-state index is -0.465. The summed E-state index contributed by atoms with van der Waals surface area (Å²) < 4.78 is 11.1. The van der Waals surface area contributed by atoms with E-state index in [0.717, 1.165) is 24.4 Å². The molecule has 3 aliphatic rings. The molecule has 2 N–H and O–H groups in total. The number of amides is 1. The number of piperidine rings is 1.